The van der Waals surface area contributed by atoms with Crippen LogP contribution in [0.2, 0.25) is 10.0 Å². The lowest BCUT2D eigenvalue weighted by atomic mass is 10.3. The Labute approximate surface area is 68.3 Å². The topological polar surface area (TPSA) is 36.3 Å². The highest BCUT2D eigenvalue weighted by molar-refractivity contribution is 6.34. The van der Waals surface area contributed by atoms with E-state index in [4.69, 9.17) is 28.7 Å². The average molecular weight is 175 g/mol. The quantitative estimate of drug-likeness (QED) is 0.631. The van der Waals surface area contributed by atoms with E-state index in [0.29, 0.717) is 15.7 Å². The first kappa shape index (κ1) is 7.51. The zero-order chi connectivity index (χ0) is 7.56. The van der Waals surface area contributed by atoms with Gasteiger partial charge in [0.1, 0.15) is 5.02 Å². The van der Waals surface area contributed by atoms with Crippen molar-refractivity contribution in [3.63, 3.8) is 0 Å². The third kappa shape index (κ3) is 1.46. The fourth-order valence-corrected chi connectivity index (χ4v) is 0.915. The van der Waals surface area contributed by atoms with Crippen LogP contribution in [0.4, 0.5) is 5.69 Å². The molecule has 0 aliphatic carbocycles. The Hall–Kier alpha value is -0.600. The summed E-state index contributed by atoms with van der Waals surface area (Å²) >= 11 is 11.2. The molecule has 0 atom stereocenters. The number of hydrogen-bond donors (Lipinski definition) is 1. The van der Waals surface area contributed by atoms with Gasteiger partial charge in [0, 0.05) is 11.1 Å². The van der Waals surface area contributed by atoms with Crippen LogP contribution in [0.3, 0.4) is 0 Å². The first-order chi connectivity index (χ1) is 4.74. The molecule has 0 fully saturated rings. The molecule has 0 aromatic heterocycles. The molecule has 0 spiro atoms. The Balaban J connectivity index is 3.21. The summed E-state index contributed by atoms with van der Waals surface area (Å²) in [6.45, 7) is 0. The molecule has 0 heterocycles. The molecule has 0 amide bonds. The molecule has 0 saturated carbocycles. The van der Waals surface area contributed by atoms with Crippen LogP contribution in [0, 0.1) is 0 Å². The summed E-state index contributed by atoms with van der Waals surface area (Å²) in [6, 6.07) is 4.77. The van der Waals surface area contributed by atoms with Gasteiger partial charge in [0.05, 0.1) is 0 Å². The molecule has 1 aromatic rings. The van der Waals surface area contributed by atoms with Gasteiger partial charge >= 0.3 is 0 Å². The predicted molar refractivity (Wildman–Crippen MR) is 40.4 cm³/mol. The molecule has 4 heteroatoms. The minimum absolute atomic E-state index is 0.411. The molecule has 0 aliphatic rings. The Kier molecular flexibility index (Phi) is 2.25. The van der Waals surface area contributed by atoms with Gasteiger partial charge in [-0.2, -0.15) is 0 Å². The van der Waals surface area contributed by atoms with Crippen LogP contribution in [0.25, 0.3) is 5.53 Å². The van der Waals surface area contributed by atoms with Crippen LogP contribution >= 0.6 is 23.2 Å². The lowest BCUT2D eigenvalue weighted by molar-refractivity contribution is -0.379. The first-order valence-electron chi connectivity index (χ1n) is 2.59. The van der Waals surface area contributed by atoms with Gasteiger partial charge in [0.25, 0.3) is 0 Å². The number of nitrogens with one attached hydrogen (secondary N) is 1. The molecule has 0 bridgehead atoms. The fraction of sp³-hybridized carbons (Fsp3) is 0. The predicted octanol–water partition coefficient (Wildman–Crippen LogP) is 1.73. The van der Waals surface area contributed by atoms with Crippen molar-refractivity contribution in [1.29, 1.82) is 0 Å². The second-order valence-electron chi connectivity index (χ2n) is 1.74. The normalized spacial score (nSPS) is 9.40. The first-order valence-corrected chi connectivity index (χ1v) is 3.35. The number of benzene rings is 1. The second kappa shape index (κ2) is 2.99. The van der Waals surface area contributed by atoms with Crippen LogP contribution in [-0.2, 0) is 0 Å². The number of rotatable bonds is 1. The maximum atomic E-state index is 8.45. The Morgan fingerprint density at radius 3 is 2.50 bits per heavy atom. The van der Waals surface area contributed by atoms with Gasteiger partial charge < -0.3 is 5.53 Å². The van der Waals surface area contributed by atoms with E-state index in [1.165, 1.54) is 6.07 Å². The Morgan fingerprint density at radius 2 is 2.00 bits per heavy atom. The van der Waals surface area contributed by atoms with Gasteiger partial charge in [0.15, 0.2) is 0 Å². The van der Waals surface area contributed by atoms with E-state index >= 15 is 0 Å². The summed E-state index contributed by atoms with van der Waals surface area (Å²) in [5.74, 6) is 0. The summed E-state index contributed by atoms with van der Waals surface area (Å²) in [5, 5.41) is 2.89. The van der Waals surface area contributed by atoms with E-state index in [1.54, 1.807) is 12.1 Å². The summed E-state index contributed by atoms with van der Waals surface area (Å²) in [6.07, 6.45) is 0. The van der Waals surface area contributed by atoms with Gasteiger partial charge in [0.2, 0.25) is 5.69 Å². The second-order valence-corrected chi connectivity index (χ2v) is 2.58. The van der Waals surface area contributed by atoms with Crippen LogP contribution in [0.1, 0.15) is 0 Å². The molecule has 0 unspecified atom stereocenters. The van der Waals surface area contributed by atoms with E-state index in [0.717, 1.165) is 0 Å². The van der Waals surface area contributed by atoms with Crippen LogP contribution < -0.4 is 5.11 Å². The molecule has 1 rings (SSSR count). The summed E-state index contributed by atoms with van der Waals surface area (Å²) in [7, 11) is 0. The zero-order valence-corrected chi connectivity index (χ0v) is 6.45. The molecular weight excluding hydrogens is 171 g/mol. The van der Waals surface area contributed by atoms with Crippen molar-refractivity contribution in [2.45, 2.75) is 0 Å². The molecular formula is C6H4Cl2N2. The molecule has 2 nitrogen and oxygen atoms in total. The van der Waals surface area contributed by atoms with Gasteiger partial charge in [-0.3, -0.25) is 5.11 Å². The van der Waals surface area contributed by atoms with E-state index in [-0.39, 0.29) is 0 Å². The molecule has 1 N–H and O–H groups in total. The smallest absolute Gasteiger partial charge is 0.212 e. The SMILES string of the molecule is [N-]=[NH+]c1cc(Cl)ccc1Cl. The van der Waals surface area contributed by atoms with E-state index in [2.05, 4.69) is 0 Å². The monoisotopic (exact) mass is 174 g/mol. The van der Waals surface area contributed by atoms with E-state index < -0.39 is 0 Å². The Morgan fingerprint density at radius 1 is 1.30 bits per heavy atom. The molecule has 10 heavy (non-hydrogen) atoms. The lowest BCUT2D eigenvalue weighted by Gasteiger charge is -1.92. The van der Waals surface area contributed by atoms with Crippen LogP contribution in [0.5, 0.6) is 0 Å². The Bertz CT molecular complexity index is 260. The van der Waals surface area contributed by atoms with Crippen molar-refractivity contribution in [3.8, 4) is 0 Å². The molecule has 0 radical (unpaired) electrons. The number of halogens is 2. The largest absolute Gasteiger partial charge is 0.502 e. The minimum Gasteiger partial charge on any atom is -0.502 e. The highest BCUT2D eigenvalue weighted by Crippen LogP contribution is 2.20. The molecule has 1 aromatic carbocycles. The standard InChI is InChI=1S/C6H4Cl2N2/c7-4-1-2-5(8)6(3-4)10-9/h1-3,10H. The average Bonchev–Trinajstić information content (AvgIpc) is 1.94. The van der Waals surface area contributed by atoms with Gasteiger partial charge in [-0.05, 0) is 12.1 Å². The van der Waals surface area contributed by atoms with Crippen molar-refractivity contribution in [2.75, 3.05) is 0 Å². The van der Waals surface area contributed by atoms with E-state index in [9.17, 15) is 0 Å². The third-order valence-electron chi connectivity index (χ3n) is 1.05. The lowest BCUT2D eigenvalue weighted by Crippen LogP contribution is -2.54. The summed E-state index contributed by atoms with van der Waals surface area (Å²) in [4.78, 5) is 0. The maximum Gasteiger partial charge on any atom is 0.212 e. The van der Waals surface area contributed by atoms with E-state index in [1.807, 2.05) is 5.11 Å². The molecule has 0 aliphatic heterocycles. The molecule has 52 valence electrons. The number of hydrogen-bond acceptors (Lipinski definition) is 0. The van der Waals surface area contributed by atoms with Gasteiger partial charge in [-0.25, -0.2) is 0 Å². The third-order valence-corrected chi connectivity index (χ3v) is 1.61. The van der Waals surface area contributed by atoms with Crippen molar-refractivity contribution in [3.05, 3.63) is 33.8 Å². The van der Waals surface area contributed by atoms with Crippen LogP contribution in [0.15, 0.2) is 18.2 Å². The zero-order valence-electron chi connectivity index (χ0n) is 4.94. The highest BCUT2D eigenvalue weighted by atomic mass is 35.5. The maximum absolute atomic E-state index is 8.45. The minimum atomic E-state index is 0.411. The van der Waals surface area contributed by atoms with Crippen molar-refractivity contribution >= 4 is 28.9 Å². The number of nitrogens with zero attached hydrogens (tertiary/aromatic N) is 1. The fourth-order valence-electron chi connectivity index (χ4n) is 0.583. The van der Waals surface area contributed by atoms with Gasteiger partial charge in [-0.15, -0.1) is 0 Å². The summed E-state index contributed by atoms with van der Waals surface area (Å²) in [5.41, 5.74) is 8.86. The van der Waals surface area contributed by atoms with Crippen molar-refractivity contribution < 1.29 is 5.11 Å². The van der Waals surface area contributed by atoms with Crippen LogP contribution in [-0.4, -0.2) is 0 Å². The molecule has 0 saturated heterocycles. The highest BCUT2D eigenvalue weighted by Gasteiger charge is 2.00. The summed E-state index contributed by atoms with van der Waals surface area (Å²) < 4.78 is 0. The van der Waals surface area contributed by atoms with Crippen molar-refractivity contribution in [1.82, 2.24) is 0 Å². The van der Waals surface area contributed by atoms with Gasteiger partial charge in [-0.1, -0.05) is 23.2 Å². The van der Waals surface area contributed by atoms with Crippen molar-refractivity contribution in [2.24, 2.45) is 0 Å².